The van der Waals surface area contributed by atoms with Crippen molar-refractivity contribution in [1.29, 1.82) is 0 Å². The fourth-order valence-electron chi connectivity index (χ4n) is 2.56. The summed E-state index contributed by atoms with van der Waals surface area (Å²) in [4.78, 5) is 11.8. The number of hydrazone groups is 1. The average molecular weight is 370 g/mol. The first-order chi connectivity index (χ1) is 13.0. The maximum Gasteiger partial charge on any atom is 0.277 e. The van der Waals surface area contributed by atoms with Crippen molar-refractivity contribution in [3.63, 3.8) is 0 Å². The van der Waals surface area contributed by atoms with Crippen LogP contribution in [0.15, 0.2) is 41.5 Å². The fourth-order valence-corrected chi connectivity index (χ4v) is 2.56. The van der Waals surface area contributed by atoms with Gasteiger partial charge in [-0.3, -0.25) is 4.79 Å². The van der Waals surface area contributed by atoms with Crippen molar-refractivity contribution in [1.82, 2.24) is 15.2 Å². The molecule has 0 aliphatic rings. The lowest BCUT2D eigenvalue weighted by Gasteiger charge is -2.07. The summed E-state index contributed by atoms with van der Waals surface area (Å²) in [5.74, 6) is 0.354. The number of benzene rings is 2. The highest BCUT2D eigenvalue weighted by molar-refractivity contribution is 5.86. The van der Waals surface area contributed by atoms with Crippen LogP contribution >= 0.6 is 0 Å². The molecule has 0 aliphatic heterocycles. The molecule has 0 bridgehead atoms. The third kappa shape index (κ3) is 4.22. The Morgan fingerprint density at radius 3 is 2.56 bits per heavy atom. The summed E-state index contributed by atoms with van der Waals surface area (Å²) in [5, 5.41) is 9.64. The van der Waals surface area contributed by atoms with Gasteiger partial charge in [-0.1, -0.05) is 12.1 Å². The fraction of sp³-hybridized carbons (Fsp3) is 0.211. The van der Waals surface area contributed by atoms with E-state index in [0.717, 1.165) is 21.2 Å². The Bertz CT molecular complexity index is 1010. The number of hydrogen-bond acceptors (Lipinski definition) is 5. The highest BCUT2D eigenvalue weighted by Crippen LogP contribution is 2.24. The molecule has 0 saturated heterocycles. The Morgan fingerprint density at radius 2 is 1.93 bits per heavy atom. The molecule has 3 rings (SSSR count). The van der Waals surface area contributed by atoms with Crippen LogP contribution in [0.5, 0.6) is 11.5 Å². The molecule has 8 heteroatoms. The second-order valence-electron chi connectivity index (χ2n) is 5.87. The molecular weight excluding hydrogens is 351 g/mol. The van der Waals surface area contributed by atoms with Crippen molar-refractivity contribution in [2.24, 2.45) is 12.1 Å². The van der Waals surface area contributed by atoms with Gasteiger partial charge in [0.15, 0.2) is 6.61 Å². The summed E-state index contributed by atoms with van der Waals surface area (Å²) in [7, 11) is 3.11. The van der Waals surface area contributed by atoms with E-state index in [1.807, 2.05) is 30.3 Å². The first kappa shape index (κ1) is 18.4. The molecule has 0 radical (unpaired) electrons. The number of amides is 1. The Morgan fingerprint density at radius 1 is 1.26 bits per heavy atom. The summed E-state index contributed by atoms with van der Waals surface area (Å²) < 4.78 is 25.5. The average Bonchev–Trinajstić information content (AvgIpc) is 2.91. The van der Waals surface area contributed by atoms with Gasteiger partial charge in [-0.05, 0) is 42.0 Å². The van der Waals surface area contributed by atoms with Crippen LogP contribution in [0.25, 0.3) is 10.8 Å². The molecule has 0 saturated carbocycles. The normalized spacial score (nSPS) is 11.1. The summed E-state index contributed by atoms with van der Waals surface area (Å²) in [6.07, 6.45) is 1.22. The molecule has 1 heterocycles. The predicted molar refractivity (Wildman–Crippen MR) is 99.6 cm³/mol. The first-order valence-electron chi connectivity index (χ1n) is 8.19. The standard InChI is InChI=1S/C19H19FN4O3/c1-12-17(19(20)24(2)23-12)10-21-22-18(25)11-27-16-7-5-13-8-15(26-3)6-4-14(13)9-16/h4-10H,11H2,1-3H3,(H,22,25). The SMILES string of the molecule is COc1ccc2cc(OCC(=O)NN=Cc3c(C)nn(C)c3F)ccc2c1. The Balaban J connectivity index is 1.57. The second-order valence-corrected chi connectivity index (χ2v) is 5.87. The van der Waals surface area contributed by atoms with Gasteiger partial charge in [-0.25, -0.2) is 10.1 Å². The monoisotopic (exact) mass is 370 g/mol. The van der Waals surface area contributed by atoms with Gasteiger partial charge >= 0.3 is 0 Å². The number of hydrogen-bond donors (Lipinski definition) is 1. The maximum absolute atomic E-state index is 13.8. The van der Waals surface area contributed by atoms with E-state index in [1.165, 1.54) is 13.3 Å². The zero-order valence-electron chi connectivity index (χ0n) is 15.2. The molecular formula is C19H19FN4O3. The summed E-state index contributed by atoms with van der Waals surface area (Å²) in [6.45, 7) is 1.44. The van der Waals surface area contributed by atoms with Crippen molar-refractivity contribution in [3.05, 3.63) is 53.6 Å². The van der Waals surface area contributed by atoms with E-state index in [4.69, 9.17) is 9.47 Å². The van der Waals surface area contributed by atoms with Crippen molar-refractivity contribution < 1.29 is 18.7 Å². The molecule has 7 nitrogen and oxygen atoms in total. The number of halogens is 1. The maximum atomic E-state index is 13.8. The van der Waals surface area contributed by atoms with Crippen LogP contribution in [-0.2, 0) is 11.8 Å². The number of aryl methyl sites for hydroxylation is 2. The highest BCUT2D eigenvalue weighted by Gasteiger charge is 2.10. The number of aromatic nitrogens is 2. The summed E-state index contributed by atoms with van der Waals surface area (Å²) in [5.41, 5.74) is 3.01. The Hall–Kier alpha value is -3.42. The van der Waals surface area contributed by atoms with Crippen molar-refractivity contribution >= 4 is 22.9 Å². The van der Waals surface area contributed by atoms with E-state index in [9.17, 15) is 9.18 Å². The van der Waals surface area contributed by atoms with Crippen molar-refractivity contribution in [2.45, 2.75) is 6.92 Å². The number of fused-ring (bicyclic) bond motifs is 1. The quantitative estimate of drug-likeness (QED) is 0.534. The Kier molecular flexibility index (Phi) is 5.35. The molecule has 0 aliphatic carbocycles. The third-order valence-electron chi connectivity index (χ3n) is 3.97. The lowest BCUT2D eigenvalue weighted by Crippen LogP contribution is -2.24. The smallest absolute Gasteiger partial charge is 0.277 e. The van der Waals surface area contributed by atoms with Crippen LogP contribution in [-0.4, -0.2) is 35.6 Å². The molecule has 0 spiro atoms. The van der Waals surface area contributed by atoms with Crippen LogP contribution in [0.2, 0.25) is 0 Å². The van der Waals surface area contributed by atoms with E-state index >= 15 is 0 Å². The first-order valence-corrected chi connectivity index (χ1v) is 8.19. The van der Waals surface area contributed by atoms with E-state index in [-0.39, 0.29) is 12.2 Å². The zero-order valence-corrected chi connectivity index (χ0v) is 15.2. The number of carbonyl (C=O) groups excluding carboxylic acids is 1. The van der Waals surface area contributed by atoms with E-state index in [0.29, 0.717) is 11.4 Å². The molecule has 1 aromatic heterocycles. The van der Waals surface area contributed by atoms with Gasteiger partial charge in [0.25, 0.3) is 5.91 Å². The number of carbonyl (C=O) groups is 1. The van der Waals surface area contributed by atoms with Gasteiger partial charge in [0.05, 0.1) is 24.6 Å². The molecule has 27 heavy (non-hydrogen) atoms. The molecule has 3 aromatic rings. The van der Waals surface area contributed by atoms with Gasteiger partial charge in [0, 0.05) is 7.05 Å². The number of ether oxygens (including phenoxy) is 2. The van der Waals surface area contributed by atoms with Gasteiger partial charge < -0.3 is 9.47 Å². The molecule has 2 aromatic carbocycles. The van der Waals surface area contributed by atoms with Gasteiger partial charge in [0.1, 0.15) is 11.5 Å². The molecule has 1 amide bonds. The van der Waals surface area contributed by atoms with Crippen molar-refractivity contribution in [2.75, 3.05) is 13.7 Å². The summed E-state index contributed by atoms with van der Waals surface area (Å²) >= 11 is 0. The largest absolute Gasteiger partial charge is 0.497 e. The zero-order chi connectivity index (χ0) is 19.4. The van der Waals surface area contributed by atoms with Crippen LogP contribution in [0.4, 0.5) is 4.39 Å². The summed E-state index contributed by atoms with van der Waals surface area (Å²) in [6, 6.07) is 11.2. The number of nitrogens with one attached hydrogen (secondary N) is 1. The molecule has 0 atom stereocenters. The van der Waals surface area contributed by atoms with Gasteiger partial charge in [-0.15, -0.1) is 0 Å². The lowest BCUT2D eigenvalue weighted by molar-refractivity contribution is -0.123. The minimum atomic E-state index is -0.519. The van der Waals surface area contributed by atoms with Crippen LogP contribution in [0, 0.1) is 12.9 Å². The van der Waals surface area contributed by atoms with E-state index < -0.39 is 11.9 Å². The number of rotatable bonds is 6. The number of methoxy groups -OCH3 is 1. The van der Waals surface area contributed by atoms with E-state index in [1.54, 1.807) is 20.1 Å². The van der Waals surface area contributed by atoms with Crippen LogP contribution in [0.1, 0.15) is 11.3 Å². The third-order valence-corrected chi connectivity index (χ3v) is 3.97. The van der Waals surface area contributed by atoms with Gasteiger partial charge in [0.2, 0.25) is 5.95 Å². The molecule has 1 N–H and O–H groups in total. The molecule has 140 valence electrons. The predicted octanol–water partition coefficient (Wildman–Crippen LogP) is 2.56. The van der Waals surface area contributed by atoms with Crippen molar-refractivity contribution in [3.8, 4) is 11.5 Å². The Labute approximate surface area is 155 Å². The molecule has 0 unspecified atom stereocenters. The minimum absolute atomic E-state index is 0.215. The topological polar surface area (TPSA) is 77.7 Å². The lowest BCUT2D eigenvalue weighted by atomic mass is 10.1. The van der Waals surface area contributed by atoms with Crippen LogP contribution in [0.3, 0.4) is 0 Å². The van der Waals surface area contributed by atoms with Gasteiger partial charge in [-0.2, -0.15) is 14.6 Å². The van der Waals surface area contributed by atoms with Crippen LogP contribution < -0.4 is 14.9 Å². The second kappa shape index (κ2) is 7.86. The minimum Gasteiger partial charge on any atom is -0.497 e. The van der Waals surface area contributed by atoms with E-state index in [2.05, 4.69) is 15.6 Å². The highest BCUT2D eigenvalue weighted by atomic mass is 19.1. The number of nitrogens with zero attached hydrogens (tertiary/aromatic N) is 3. The molecule has 0 fully saturated rings.